The molecule has 2 aromatic heterocycles. The lowest BCUT2D eigenvalue weighted by Gasteiger charge is -2.16. The third kappa shape index (κ3) is 5.50. The van der Waals surface area contributed by atoms with E-state index >= 15 is 0 Å². The zero-order chi connectivity index (χ0) is 22.7. The van der Waals surface area contributed by atoms with E-state index in [2.05, 4.69) is 25.8 Å². The molecule has 1 aliphatic rings. The fourth-order valence-electron chi connectivity index (χ4n) is 3.08. The number of nitrogens with one attached hydrogen (secondary N) is 2. The van der Waals surface area contributed by atoms with E-state index in [0.29, 0.717) is 21.1 Å². The number of hydrogen-bond donors (Lipinski definition) is 2. The molecule has 1 atom stereocenters. The summed E-state index contributed by atoms with van der Waals surface area (Å²) in [4.78, 5) is 42.9. The molecule has 3 amide bonds. The number of nitrogens with zero attached hydrogens (tertiary/aromatic N) is 4. The van der Waals surface area contributed by atoms with Crippen molar-refractivity contribution in [2.45, 2.75) is 24.6 Å². The fourth-order valence-corrected chi connectivity index (χ4v) is 5.34. The maximum absolute atomic E-state index is 12.6. The molecule has 0 radical (unpaired) electrons. The minimum atomic E-state index is -0.462. The van der Waals surface area contributed by atoms with Crippen molar-refractivity contribution < 1.29 is 14.4 Å². The number of anilines is 3. The van der Waals surface area contributed by atoms with Crippen LogP contribution in [0.3, 0.4) is 0 Å². The molecule has 1 saturated heterocycles. The molecule has 9 nitrogen and oxygen atoms in total. The Labute approximate surface area is 196 Å². The molecule has 2 N–H and O–H groups in total. The second kappa shape index (κ2) is 9.76. The second-order valence-electron chi connectivity index (χ2n) is 7.23. The topological polar surface area (TPSA) is 117 Å². The summed E-state index contributed by atoms with van der Waals surface area (Å²) >= 11 is 3.79. The lowest BCUT2D eigenvalue weighted by Crippen LogP contribution is -2.28. The molecular formula is C20H20N6O3S3. The molecule has 3 aromatic rings. The number of aromatic nitrogens is 3. The Kier molecular flexibility index (Phi) is 6.82. The van der Waals surface area contributed by atoms with E-state index in [0.717, 1.165) is 16.9 Å². The summed E-state index contributed by atoms with van der Waals surface area (Å²) in [6.45, 7) is 4.17. The number of hydrogen-bond acceptors (Lipinski definition) is 9. The van der Waals surface area contributed by atoms with Crippen molar-refractivity contribution in [2.75, 3.05) is 27.8 Å². The number of carbonyl (C=O) groups is 3. The molecule has 3 heterocycles. The SMILES string of the molecule is Cc1ccc(N2C[C@@H](C(=O)Nc3nnc(SCC(=O)Nc4nc(C)cs4)s3)CC2=O)cc1. The molecule has 12 heteroatoms. The lowest BCUT2D eigenvalue weighted by atomic mass is 10.1. The number of thiazole rings is 1. The van der Waals surface area contributed by atoms with E-state index in [1.807, 2.05) is 43.5 Å². The largest absolute Gasteiger partial charge is 0.312 e. The quantitative estimate of drug-likeness (QED) is 0.387. The van der Waals surface area contributed by atoms with Gasteiger partial charge in [0.15, 0.2) is 9.47 Å². The first kappa shape index (κ1) is 22.4. The molecule has 1 fully saturated rings. The average molecular weight is 489 g/mol. The standard InChI is InChI=1S/C20H20N6O3S3/c1-11-3-5-14(6-4-11)26-8-13(7-16(26)28)17(29)23-19-24-25-20(32-19)31-10-15(27)22-18-21-12(2)9-30-18/h3-6,9,13H,7-8,10H2,1-2H3,(H,21,22,27)(H,23,24,29)/t13-/m0/s1. The molecule has 166 valence electrons. The molecule has 0 saturated carbocycles. The molecule has 4 rings (SSSR count). The minimum absolute atomic E-state index is 0.0797. The van der Waals surface area contributed by atoms with Crippen molar-refractivity contribution in [1.29, 1.82) is 0 Å². The zero-order valence-electron chi connectivity index (χ0n) is 17.3. The Morgan fingerprint density at radius 2 is 1.94 bits per heavy atom. The average Bonchev–Trinajstić information content (AvgIpc) is 3.48. The van der Waals surface area contributed by atoms with Gasteiger partial charge >= 0.3 is 0 Å². The van der Waals surface area contributed by atoms with Gasteiger partial charge in [0.25, 0.3) is 0 Å². The maximum atomic E-state index is 12.6. The van der Waals surface area contributed by atoms with Crippen LogP contribution in [0.15, 0.2) is 34.0 Å². The minimum Gasteiger partial charge on any atom is -0.312 e. The third-order valence-corrected chi connectivity index (χ3v) is 7.52. The highest BCUT2D eigenvalue weighted by Gasteiger charge is 2.35. The Morgan fingerprint density at radius 3 is 2.66 bits per heavy atom. The molecule has 0 spiro atoms. The van der Waals surface area contributed by atoms with Gasteiger partial charge in [0, 0.05) is 24.0 Å². The molecule has 32 heavy (non-hydrogen) atoms. The van der Waals surface area contributed by atoms with Gasteiger partial charge in [0.05, 0.1) is 17.4 Å². The number of thioether (sulfide) groups is 1. The molecule has 1 aromatic carbocycles. The predicted molar refractivity (Wildman–Crippen MR) is 126 cm³/mol. The van der Waals surface area contributed by atoms with E-state index < -0.39 is 5.92 Å². The van der Waals surface area contributed by atoms with Crippen molar-refractivity contribution in [1.82, 2.24) is 15.2 Å². The van der Waals surface area contributed by atoms with Crippen LogP contribution in [0, 0.1) is 19.8 Å². The van der Waals surface area contributed by atoms with Gasteiger partial charge < -0.3 is 15.5 Å². The number of benzene rings is 1. The smallest absolute Gasteiger partial charge is 0.236 e. The molecule has 0 unspecified atom stereocenters. The Balaban J connectivity index is 1.27. The summed E-state index contributed by atoms with van der Waals surface area (Å²) in [5.41, 5.74) is 2.75. The Hall–Kier alpha value is -2.83. The van der Waals surface area contributed by atoms with Crippen molar-refractivity contribution in [3.63, 3.8) is 0 Å². The molecule has 0 aliphatic carbocycles. The van der Waals surface area contributed by atoms with Crippen LogP contribution in [0.25, 0.3) is 0 Å². The predicted octanol–water partition coefficient (Wildman–Crippen LogP) is 3.33. The number of aryl methyl sites for hydroxylation is 2. The normalized spacial score (nSPS) is 15.8. The first-order chi connectivity index (χ1) is 15.4. The first-order valence-electron chi connectivity index (χ1n) is 9.73. The van der Waals surface area contributed by atoms with Crippen molar-refractivity contribution in [3.05, 3.63) is 40.9 Å². The van der Waals surface area contributed by atoms with Crippen LogP contribution < -0.4 is 15.5 Å². The van der Waals surface area contributed by atoms with E-state index in [1.165, 1.54) is 34.4 Å². The van der Waals surface area contributed by atoms with Gasteiger partial charge in [0.1, 0.15) is 0 Å². The summed E-state index contributed by atoms with van der Waals surface area (Å²) in [5, 5.41) is 16.2. The van der Waals surface area contributed by atoms with Gasteiger partial charge in [-0.25, -0.2) is 4.98 Å². The summed E-state index contributed by atoms with van der Waals surface area (Å²) in [7, 11) is 0. The first-order valence-corrected chi connectivity index (χ1v) is 12.4. The van der Waals surface area contributed by atoms with E-state index in [9.17, 15) is 14.4 Å². The van der Waals surface area contributed by atoms with Crippen molar-refractivity contribution >= 4 is 68.1 Å². The van der Waals surface area contributed by atoms with Crippen LogP contribution >= 0.6 is 34.4 Å². The van der Waals surface area contributed by atoms with Crippen LogP contribution in [0.1, 0.15) is 17.7 Å². The van der Waals surface area contributed by atoms with Gasteiger partial charge in [-0.1, -0.05) is 40.8 Å². The third-order valence-electron chi connectivity index (χ3n) is 4.67. The molecular weight excluding hydrogens is 468 g/mol. The summed E-state index contributed by atoms with van der Waals surface area (Å²) in [5.74, 6) is -0.840. The summed E-state index contributed by atoms with van der Waals surface area (Å²) in [6.07, 6.45) is 0.149. The lowest BCUT2D eigenvalue weighted by molar-refractivity contribution is -0.122. The van der Waals surface area contributed by atoms with Gasteiger partial charge in [-0.2, -0.15) is 0 Å². The van der Waals surface area contributed by atoms with Gasteiger partial charge in [-0.05, 0) is 26.0 Å². The highest BCUT2D eigenvalue weighted by atomic mass is 32.2. The van der Waals surface area contributed by atoms with Gasteiger partial charge in [-0.3, -0.25) is 14.4 Å². The van der Waals surface area contributed by atoms with Crippen LogP contribution in [0.2, 0.25) is 0 Å². The fraction of sp³-hybridized carbons (Fsp3) is 0.300. The van der Waals surface area contributed by atoms with Crippen molar-refractivity contribution in [2.24, 2.45) is 5.92 Å². The summed E-state index contributed by atoms with van der Waals surface area (Å²) < 4.78 is 0.564. The Bertz CT molecular complexity index is 1140. The van der Waals surface area contributed by atoms with Crippen LogP contribution in [-0.2, 0) is 14.4 Å². The van der Waals surface area contributed by atoms with E-state index in [4.69, 9.17) is 0 Å². The maximum Gasteiger partial charge on any atom is 0.236 e. The number of rotatable bonds is 7. The monoisotopic (exact) mass is 488 g/mol. The van der Waals surface area contributed by atoms with Crippen LogP contribution in [0.4, 0.5) is 16.0 Å². The molecule has 0 bridgehead atoms. The Morgan fingerprint density at radius 1 is 1.16 bits per heavy atom. The van der Waals surface area contributed by atoms with E-state index in [-0.39, 0.29) is 29.9 Å². The van der Waals surface area contributed by atoms with Crippen molar-refractivity contribution in [3.8, 4) is 0 Å². The van der Waals surface area contributed by atoms with Crippen LogP contribution in [-0.4, -0.2) is 45.2 Å². The molecule has 1 aliphatic heterocycles. The van der Waals surface area contributed by atoms with Gasteiger partial charge in [-0.15, -0.1) is 21.5 Å². The number of carbonyl (C=O) groups excluding carboxylic acids is 3. The van der Waals surface area contributed by atoms with E-state index in [1.54, 1.807) is 4.90 Å². The van der Waals surface area contributed by atoms with Gasteiger partial charge in [0.2, 0.25) is 22.9 Å². The van der Waals surface area contributed by atoms with Crippen LogP contribution in [0.5, 0.6) is 0 Å². The number of amides is 3. The zero-order valence-corrected chi connectivity index (χ0v) is 19.8. The highest BCUT2D eigenvalue weighted by molar-refractivity contribution is 8.01. The highest BCUT2D eigenvalue weighted by Crippen LogP contribution is 2.29. The summed E-state index contributed by atoms with van der Waals surface area (Å²) in [6, 6.07) is 7.64. The second-order valence-corrected chi connectivity index (χ2v) is 10.3.